The molecule has 6 rings (SSSR count). The smallest absolute Gasteiger partial charge is 0.416 e. The number of pyridine rings is 1. The zero-order valence-corrected chi connectivity index (χ0v) is 20.0. The Morgan fingerprint density at radius 3 is 2.32 bits per heavy atom. The lowest BCUT2D eigenvalue weighted by Crippen LogP contribution is -2.45. The molecule has 4 heterocycles. The van der Waals surface area contributed by atoms with E-state index in [4.69, 9.17) is 4.74 Å². The number of rotatable bonds is 3. The molecular weight excluding hydrogens is 497 g/mol. The maximum absolute atomic E-state index is 13.5. The van der Waals surface area contributed by atoms with Crippen LogP contribution in [-0.2, 0) is 16.5 Å². The van der Waals surface area contributed by atoms with Crippen molar-refractivity contribution in [1.82, 2.24) is 19.7 Å². The van der Waals surface area contributed by atoms with Crippen LogP contribution >= 0.6 is 0 Å². The highest BCUT2D eigenvalue weighted by Crippen LogP contribution is 2.44. The Balaban J connectivity index is 1.29. The van der Waals surface area contributed by atoms with Gasteiger partial charge in [0, 0.05) is 49.5 Å². The maximum Gasteiger partial charge on any atom is 0.416 e. The van der Waals surface area contributed by atoms with E-state index in [0.29, 0.717) is 48.4 Å². The predicted octanol–water partition coefficient (Wildman–Crippen LogP) is 5.26. The first kappa shape index (κ1) is 23.9. The molecule has 38 heavy (non-hydrogen) atoms. The molecule has 0 unspecified atom stereocenters. The first-order chi connectivity index (χ1) is 18.2. The molecule has 0 N–H and O–H groups in total. The van der Waals surface area contributed by atoms with Gasteiger partial charge in [-0.15, -0.1) is 0 Å². The molecule has 2 aromatic heterocycles. The third-order valence-electron chi connectivity index (χ3n) is 7.13. The second-order valence-electron chi connectivity index (χ2n) is 9.33. The van der Waals surface area contributed by atoms with E-state index in [0.717, 1.165) is 17.7 Å². The Hall–Kier alpha value is -4.47. The number of benzene rings is 2. The summed E-state index contributed by atoms with van der Waals surface area (Å²) in [4.78, 5) is 31.6. The summed E-state index contributed by atoms with van der Waals surface area (Å²) in [6.45, 7) is 0.719. The van der Waals surface area contributed by atoms with Crippen LogP contribution in [-0.4, -0.2) is 44.6 Å². The second kappa shape index (κ2) is 8.83. The molecule has 0 radical (unpaired) electrons. The lowest BCUT2D eigenvalue weighted by atomic mass is 9.83. The number of nitrogens with zero attached hydrogens (tertiary/aromatic N) is 4. The van der Waals surface area contributed by atoms with Gasteiger partial charge in [0.05, 0.1) is 22.5 Å². The zero-order valence-electron chi connectivity index (χ0n) is 20.0. The van der Waals surface area contributed by atoms with Crippen molar-refractivity contribution in [1.29, 1.82) is 0 Å². The van der Waals surface area contributed by atoms with Crippen LogP contribution in [0.1, 0.15) is 44.8 Å². The van der Waals surface area contributed by atoms with Gasteiger partial charge in [0.1, 0.15) is 5.60 Å². The molecule has 1 fully saturated rings. The van der Waals surface area contributed by atoms with Crippen LogP contribution in [0.25, 0.3) is 16.9 Å². The van der Waals surface area contributed by atoms with E-state index in [9.17, 15) is 22.8 Å². The molecule has 1 spiro atoms. The molecule has 2 aromatic carbocycles. The third kappa shape index (κ3) is 4.02. The van der Waals surface area contributed by atoms with Gasteiger partial charge in [0.2, 0.25) is 0 Å². The molecule has 7 nitrogen and oxygen atoms in total. The number of halogens is 3. The van der Waals surface area contributed by atoms with Crippen molar-refractivity contribution in [2.45, 2.75) is 24.6 Å². The van der Waals surface area contributed by atoms with Crippen LogP contribution in [0.2, 0.25) is 0 Å². The average Bonchev–Trinajstić information content (AvgIpc) is 3.49. The number of piperidine rings is 1. The van der Waals surface area contributed by atoms with Crippen molar-refractivity contribution in [2.75, 3.05) is 13.1 Å². The van der Waals surface area contributed by atoms with E-state index in [1.54, 1.807) is 47.6 Å². The van der Waals surface area contributed by atoms with Crippen molar-refractivity contribution >= 4 is 11.9 Å². The standard InChI is InChI=1S/C28H21F3N4O3/c29-28(30,31)19-5-7-20(8-6-19)35-24(18-9-13-32-14-10-18)17-23(33-35)25(36)34-15-11-27(12-16-34)22-4-2-1-3-21(22)26(37)38-27/h1-10,13-14,17H,11-12,15-16H2. The highest BCUT2D eigenvalue weighted by Gasteiger charge is 2.47. The van der Waals surface area contributed by atoms with E-state index in [2.05, 4.69) is 10.1 Å². The number of aromatic nitrogens is 3. The Morgan fingerprint density at radius 2 is 1.63 bits per heavy atom. The number of hydrogen-bond acceptors (Lipinski definition) is 5. The molecule has 192 valence electrons. The molecular formula is C28H21F3N4O3. The van der Waals surface area contributed by atoms with Crippen molar-refractivity contribution in [3.8, 4) is 16.9 Å². The Morgan fingerprint density at radius 1 is 0.947 bits per heavy atom. The maximum atomic E-state index is 13.5. The summed E-state index contributed by atoms with van der Waals surface area (Å²) in [5, 5.41) is 4.50. The average molecular weight is 518 g/mol. The van der Waals surface area contributed by atoms with Crippen molar-refractivity contribution in [3.05, 3.63) is 102 Å². The van der Waals surface area contributed by atoms with Gasteiger partial charge in [-0.2, -0.15) is 18.3 Å². The van der Waals surface area contributed by atoms with Crippen LogP contribution < -0.4 is 0 Å². The zero-order chi connectivity index (χ0) is 26.5. The monoisotopic (exact) mass is 518 g/mol. The molecule has 2 aliphatic heterocycles. The fourth-order valence-electron chi connectivity index (χ4n) is 5.15. The summed E-state index contributed by atoms with van der Waals surface area (Å²) in [7, 11) is 0. The fourth-order valence-corrected chi connectivity index (χ4v) is 5.15. The first-order valence-corrected chi connectivity index (χ1v) is 12.1. The van der Waals surface area contributed by atoms with Gasteiger partial charge in [-0.1, -0.05) is 18.2 Å². The van der Waals surface area contributed by atoms with E-state index in [-0.39, 0.29) is 17.6 Å². The van der Waals surface area contributed by atoms with Gasteiger partial charge < -0.3 is 9.64 Å². The summed E-state index contributed by atoms with van der Waals surface area (Å²) in [5.41, 5.74) is 1.69. The van der Waals surface area contributed by atoms with Gasteiger partial charge >= 0.3 is 12.1 Å². The van der Waals surface area contributed by atoms with E-state index in [1.165, 1.54) is 16.8 Å². The van der Waals surface area contributed by atoms with E-state index < -0.39 is 17.3 Å². The number of carbonyl (C=O) groups is 2. The highest BCUT2D eigenvalue weighted by atomic mass is 19.4. The van der Waals surface area contributed by atoms with Gasteiger partial charge in [-0.05, 0) is 48.5 Å². The van der Waals surface area contributed by atoms with Gasteiger partial charge in [0.25, 0.3) is 5.91 Å². The fraction of sp³-hybridized carbons (Fsp3) is 0.214. The number of likely N-dealkylation sites (tertiary alicyclic amines) is 1. The number of carbonyl (C=O) groups excluding carboxylic acids is 2. The molecule has 10 heteroatoms. The van der Waals surface area contributed by atoms with Crippen LogP contribution in [0.4, 0.5) is 13.2 Å². The summed E-state index contributed by atoms with van der Waals surface area (Å²) in [5.74, 6) is -0.656. The number of amides is 1. The molecule has 4 aromatic rings. The van der Waals surface area contributed by atoms with Crippen LogP contribution in [0.3, 0.4) is 0 Å². The minimum Gasteiger partial charge on any atom is -0.450 e. The minimum absolute atomic E-state index is 0.163. The third-order valence-corrected chi connectivity index (χ3v) is 7.13. The minimum atomic E-state index is -4.46. The van der Waals surface area contributed by atoms with Gasteiger partial charge in [0.15, 0.2) is 5.69 Å². The Bertz CT molecular complexity index is 1520. The van der Waals surface area contributed by atoms with Gasteiger partial charge in [-0.3, -0.25) is 9.78 Å². The van der Waals surface area contributed by atoms with Crippen molar-refractivity contribution < 1.29 is 27.5 Å². The predicted molar refractivity (Wildman–Crippen MR) is 130 cm³/mol. The van der Waals surface area contributed by atoms with Crippen LogP contribution in [0, 0.1) is 0 Å². The van der Waals surface area contributed by atoms with E-state index in [1.807, 2.05) is 12.1 Å². The summed E-state index contributed by atoms with van der Waals surface area (Å²) >= 11 is 0. The quantitative estimate of drug-likeness (QED) is 0.346. The molecule has 0 aliphatic carbocycles. The molecule has 0 bridgehead atoms. The molecule has 2 aliphatic rings. The lowest BCUT2D eigenvalue weighted by molar-refractivity contribution is -0.137. The number of alkyl halides is 3. The van der Waals surface area contributed by atoms with Crippen LogP contribution in [0.15, 0.2) is 79.1 Å². The largest absolute Gasteiger partial charge is 0.450 e. The highest BCUT2D eigenvalue weighted by molar-refractivity contribution is 5.95. The normalized spacial score (nSPS) is 16.4. The molecule has 0 atom stereocenters. The number of fused-ring (bicyclic) bond motifs is 2. The molecule has 1 saturated heterocycles. The summed E-state index contributed by atoms with van der Waals surface area (Å²) in [6.07, 6.45) is -0.369. The Labute approximate surface area is 215 Å². The number of esters is 1. The molecule has 0 saturated carbocycles. The van der Waals surface area contributed by atoms with Crippen LogP contribution in [0.5, 0.6) is 0 Å². The number of hydrogen-bond donors (Lipinski definition) is 0. The Kier molecular flexibility index (Phi) is 5.55. The molecule has 1 amide bonds. The van der Waals surface area contributed by atoms with Crippen molar-refractivity contribution in [2.24, 2.45) is 0 Å². The SMILES string of the molecule is O=C1OC2(CCN(C(=O)c3cc(-c4ccncc4)n(-c4ccc(C(F)(F)F)cc4)n3)CC2)c2ccccc21. The van der Waals surface area contributed by atoms with Gasteiger partial charge in [-0.25, -0.2) is 9.48 Å². The summed E-state index contributed by atoms with van der Waals surface area (Å²) in [6, 6.07) is 17.0. The van der Waals surface area contributed by atoms with E-state index >= 15 is 0 Å². The first-order valence-electron chi connectivity index (χ1n) is 12.1. The second-order valence-corrected chi connectivity index (χ2v) is 9.33. The topological polar surface area (TPSA) is 77.3 Å². The lowest BCUT2D eigenvalue weighted by Gasteiger charge is -2.38. The van der Waals surface area contributed by atoms with Crippen molar-refractivity contribution in [3.63, 3.8) is 0 Å². The summed E-state index contributed by atoms with van der Waals surface area (Å²) < 4.78 is 46.5. The number of ether oxygens (including phenoxy) is 1.